The normalized spacial score (nSPS) is 41.8. The number of nitrogens with two attached hydrogens (primary N) is 1. The molecule has 3 nitrogen and oxygen atoms in total. The van der Waals surface area contributed by atoms with Crippen molar-refractivity contribution in [3.8, 4) is 0 Å². The molecule has 52 valence electrons. The fourth-order valence-electron chi connectivity index (χ4n) is 0.905. The molecule has 1 fully saturated rings. The maximum absolute atomic E-state index is 12.0. The third kappa shape index (κ3) is 0.896. The van der Waals surface area contributed by atoms with Gasteiger partial charge in [-0.1, -0.05) is 0 Å². The molecular formula is C5H8FNO2. The zero-order valence-corrected chi connectivity index (χ0v) is 4.80. The van der Waals surface area contributed by atoms with E-state index in [-0.39, 0.29) is 12.8 Å². The van der Waals surface area contributed by atoms with Gasteiger partial charge in [0.25, 0.3) is 0 Å². The monoisotopic (exact) mass is 133 g/mol. The zero-order chi connectivity index (χ0) is 7.07. The predicted octanol–water partition coefficient (Wildman–Crippen LogP) is -0.0996. The quantitative estimate of drug-likeness (QED) is 0.525. The minimum Gasteiger partial charge on any atom is -0.480 e. The van der Waals surface area contributed by atoms with Gasteiger partial charge in [0.05, 0.1) is 0 Å². The summed E-state index contributed by atoms with van der Waals surface area (Å²) in [5.41, 5.74) is 3.93. The van der Waals surface area contributed by atoms with Gasteiger partial charge in [-0.25, -0.2) is 4.39 Å². The van der Waals surface area contributed by atoms with Gasteiger partial charge in [0.15, 0.2) is 0 Å². The summed E-state index contributed by atoms with van der Waals surface area (Å²) < 4.78 is 12.0. The number of rotatable bonds is 1. The zero-order valence-electron chi connectivity index (χ0n) is 4.80. The van der Waals surface area contributed by atoms with Crippen LogP contribution >= 0.6 is 0 Å². The van der Waals surface area contributed by atoms with Crippen LogP contribution in [-0.4, -0.2) is 22.8 Å². The molecule has 0 heterocycles. The Hall–Kier alpha value is -0.640. The maximum atomic E-state index is 12.0. The van der Waals surface area contributed by atoms with E-state index < -0.39 is 17.7 Å². The van der Waals surface area contributed by atoms with Crippen molar-refractivity contribution < 1.29 is 14.3 Å². The summed E-state index contributed by atoms with van der Waals surface area (Å²) in [6.45, 7) is 0. The lowest BCUT2D eigenvalue weighted by Crippen LogP contribution is -2.58. The van der Waals surface area contributed by atoms with E-state index in [1.54, 1.807) is 0 Å². The Morgan fingerprint density at radius 1 is 1.78 bits per heavy atom. The van der Waals surface area contributed by atoms with Crippen molar-refractivity contribution in [2.45, 2.75) is 24.6 Å². The topological polar surface area (TPSA) is 63.3 Å². The standard InChI is InChI=1S/C5H8FNO2/c6-3-1-5(7,2-3)4(8)9/h3H,1-2,7H2,(H,8,9)/t3-,5+. The molecular weight excluding hydrogens is 125 g/mol. The van der Waals surface area contributed by atoms with Crippen LogP contribution in [0.1, 0.15) is 12.8 Å². The minimum absolute atomic E-state index is 0.0394. The second-order valence-electron chi connectivity index (χ2n) is 2.47. The molecule has 1 aliphatic carbocycles. The minimum atomic E-state index is -1.26. The summed E-state index contributed by atoms with van der Waals surface area (Å²) in [6, 6.07) is 0. The molecule has 1 rings (SSSR count). The third-order valence-electron chi connectivity index (χ3n) is 1.60. The van der Waals surface area contributed by atoms with Gasteiger partial charge in [-0.05, 0) is 0 Å². The highest BCUT2D eigenvalue weighted by Gasteiger charge is 2.47. The van der Waals surface area contributed by atoms with Crippen LogP contribution < -0.4 is 5.73 Å². The van der Waals surface area contributed by atoms with Gasteiger partial charge in [-0.3, -0.25) is 4.79 Å². The second kappa shape index (κ2) is 1.67. The van der Waals surface area contributed by atoms with Crippen molar-refractivity contribution in [1.82, 2.24) is 0 Å². The van der Waals surface area contributed by atoms with E-state index in [1.165, 1.54) is 0 Å². The van der Waals surface area contributed by atoms with Gasteiger partial charge in [-0.15, -0.1) is 0 Å². The number of hydrogen-bond acceptors (Lipinski definition) is 2. The van der Waals surface area contributed by atoms with E-state index >= 15 is 0 Å². The molecule has 0 spiro atoms. The Labute approximate surface area is 51.7 Å². The summed E-state index contributed by atoms with van der Waals surface area (Å²) in [6.07, 6.45) is -1.09. The van der Waals surface area contributed by atoms with Crippen molar-refractivity contribution in [3.05, 3.63) is 0 Å². The Bertz CT molecular complexity index is 142. The number of alkyl halides is 1. The van der Waals surface area contributed by atoms with E-state index in [1.807, 2.05) is 0 Å². The van der Waals surface area contributed by atoms with Crippen molar-refractivity contribution in [2.75, 3.05) is 0 Å². The van der Waals surface area contributed by atoms with Gasteiger partial charge < -0.3 is 10.8 Å². The van der Waals surface area contributed by atoms with Crippen LogP contribution in [0.25, 0.3) is 0 Å². The highest BCUT2D eigenvalue weighted by atomic mass is 19.1. The van der Waals surface area contributed by atoms with Gasteiger partial charge in [0, 0.05) is 12.8 Å². The Morgan fingerprint density at radius 2 is 2.22 bits per heavy atom. The van der Waals surface area contributed by atoms with E-state index in [2.05, 4.69) is 0 Å². The summed E-state index contributed by atoms with van der Waals surface area (Å²) >= 11 is 0. The molecule has 3 N–H and O–H groups in total. The van der Waals surface area contributed by atoms with Crippen LogP contribution in [0.5, 0.6) is 0 Å². The number of hydrogen-bond donors (Lipinski definition) is 2. The molecule has 0 atom stereocenters. The number of carbonyl (C=O) groups is 1. The second-order valence-corrected chi connectivity index (χ2v) is 2.47. The molecule has 0 bridgehead atoms. The number of carboxylic acid groups (broad SMARTS) is 1. The lowest BCUT2D eigenvalue weighted by Gasteiger charge is -2.36. The van der Waals surface area contributed by atoms with Crippen molar-refractivity contribution in [2.24, 2.45) is 5.73 Å². The van der Waals surface area contributed by atoms with Crippen LogP contribution in [-0.2, 0) is 4.79 Å². The Kier molecular flexibility index (Phi) is 1.20. The smallest absolute Gasteiger partial charge is 0.323 e. The maximum Gasteiger partial charge on any atom is 0.323 e. The fraction of sp³-hybridized carbons (Fsp3) is 0.800. The first-order chi connectivity index (χ1) is 4.04. The van der Waals surface area contributed by atoms with Crippen molar-refractivity contribution in [1.29, 1.82) is 0 Å². The van der Waals surface area contributed by atoms with Crippen LogP contribution in [0.4, 0.5) is 4.39 Å². The number of carboxylic acids is 1. The summed E-state index contributed by atoms with van der Waals surface area (Å²) in [5, 5.41) is 8.32. The highest BCUT2D eigenvalue weighted by molar-refractivity contribution is 5.79. The van der Waals surface area contributed by atoms with E-state index in [4.69, 9.17) is 10.8 Å². The number of halogens is 1. The third-order valence-corrected chi connectivity index (χ3v) is 1.60. The molecule has 0 radical (unpaired) electrons. The van der Waals surface area contributed by atoms with E-state index in [0.29, 0.717) is 0 Å². The van der Waals surface area contributed by atoms with E-state index in [9.17, 15) is 9.18 Å². The summed E-state index contributed by atoms with van der Waals surface area (Å²) in [7, 11) is 0. The first kappa shape index (κ1) is 6.48. The average Bonchev–Trinajstić information content (AvgIpc) is 1.62. The molecule has 0 aliphatic heterocycles. The summed E-state index contributed by atoms with van der Waals surface area (Å²) in [4.78, 5) is 10.2. The van der Waals surface area contributed by atoms with Gasteiger partial charge in [0.2, 0.25) is 0 Å². The highest BCUT2D eigenvalue weighted by Crippen LogP contribution is 2.32. The van der Waals surface area contributed by atoms with Crippen LogP contribution in [0.15, 0.2) is 0 Å². The van der Waals surface area contributed by atoms with Crippen LogP contribution in [0.2, 0.25) is 0 Å². The Balaban J connectivity index is 2.50. The molecule has 0 aromatic carbocycles. The number of aliphatic carboxylic acids is 1. The molecule has 0 unspecified atom stereocenters. The molecule has 0 amide bonds. The first-order valence-corrected chi connectivity index (χ1v) is 2.71. The molecule has 0 aromatic rings. The van der Waals surface area contributed by atoms with Gasteiger partial charge in [-0.2, -0.15) is 0 Å². The lowest BCUT2D eigenvalue weighted by molar-refractivity contribution is -0.149. The van der Waals surface area contributed by atoms with Crippen LogP contribution in [0, 0.1) is 0 Å². The molecule has 4 heteroatoms. The van der Waals surface area contributed by atoms with Crippen molar-refractivity contribution in [3.63, 3.8) is 0 Å². The van der Waals surface area contributed by atoms with E-state index in [0.717, 1.165) is 0 Å². The molecule has 1 saturated carbocycles. The van der Waals surface area contributed by atoms with Gasteiger partial charge >= 0.3 is 5.97 Å². The van der Waals surface area contributed by atoms with Crippen molar-refractivity contribution >= 4 is 5.97 Å². The van der Waals surface area contributed by atoms with Gasteiger partial charge in [0.1, 0.15) is 11.7 Å². The lowest BCUT2D eigenvalue weighted by atomic mass is 9.76. The molecule has 0 aromatic heterocycles. The van der Waals surface area contributed by atoms with Crippen LogP contribution in [0.3, 0.4) is 0 Å². The summed E-state index contributed by atoms with van der Waals surface area (Å²) in [5.74, 6) is -1.10. The largest absolute Gasteiger partial charge is 0.480 e. The predicted molar refractivity (Wildman–Crippen MR) is 28.7 cm³/mol. The Morgan fingerprint density at radius 3 is 2.33 bits per heavy atom. The molecule has 0 saturated heterocycles. The molecule has 1 aliphatic rings. The first-order valence-electron chi connectivity index (χ1n) is 2.71. The fourth-order valence-corrected chi connectivity index (χ4v) is 0.905. The SMILES string of the molecule is N[C@]1(C(=O)O)C[C@H](F)C1. The molecule has 9 heavy (non-hydrogen) atoms. The average molecular weight is 133 g/mol.